The van der Waals surface area contributed by atoms with Gasteiger partial charge in [0, 0.05) is 20.1 Å². The van der Waals surface area contributed by atoms with Crippen LogP contribution in [0.5, 0.6) is 0 Å². The summed E-state index contributed by atoms with van der Waals surface area (Å²) in [7, 11) is 1.68. The normalized spacial score (nSPS) is 28.2. The van der Waals surface area contributed by atoms with Crippen LogP contribution in [-0.4, -0.2) is 64.1 Å². The van der Waals surface area contributed by atoms with Gasteiger partial charge in [-0.2, -0.15) is 0 Å². The summed E-state index contributed by atoms with van der Waals surface area (Å²) < 4.78 is 0. The molecule has 6 rings (SSSR count). The molecular formula is C27H30N4O4. The number of carbonyl (C=O) groups excluding carboxylic acids is 4. The molecule has 4 aliphatic heterocycles. The quantitative estimate of drug-likeness (QED) is 0.720. The van der Waals surface area contributed by atoms with Crippen LogP contribution >= 0.6 is 0 Å². The number of nitrogens with zero attached hydrogens (tertiary/aromatic N) is 3. The molecule has 2 bridgehead atoms. The molecule has 8 heteroatoms. The number of rotatable bonds is 5. The van der Waals surface area contributed by atoms with Gasteiger partial charge in [0.15, 0.2) is 5.54 Å². The topological polar surface area (TPSA) is 90.0 Å². The molecule has 4 fully saturated rings. The molecule has 4 heterocycles. The first-order chi connectivity index (χ1) is 16.8. The maximum Gasteiger partial charge on any atom is 0.326 e. The SMILES string of the molecule is CC(C)[C@H]1CN(C)C(=O)N1C(=O)[C@@H]1C[C@@H]2C(=O)N[C@@]1(c1ccccc1)C(=O)N2Cc1ccccc1. The fourth-order valence-corrected chi connectivity index (χ4v) is 5.76. The monoisotopic (exact) mass is 474 g/mol. The highest BCUT2D eigenvalue weighted by Crippen LogP contribution is 2.46. The van der Waals surface area contributed by atoms with E-state index in [-0.39, 0.29) is 42.8 Å². The first-order valence-electron chi connectivity index (χ1n) is 12.1. The number of hydrogen-bond acceptors (Lipinski definition) is 4. The molecule has 5 amide bonds. The lowest BCUT2D eigenvalue weighted by molar-refractivity contribution is -0.173. The van der Waals surface area contributed by atoms with Crippen molar-refractivity contribution in [3.05, 3.63) is 71.8 Å². The number of benzene rings is 2. The summed E-state index contributed by atoms with van der Waals surface area (Å²) in [4.78, 5) is 59.1. The molecule has 2 aromatic rings. The van der Waals surface area contributed by atoms with E-state index in [0.29, 0.717) is 12.1 Å². The Kier molecular flexibility index (Phi) is 5.62. The van der Waals surface area contributed by atoms with E-state index >= 15 is 0 Å². The fourth-order valence-electron chi connectivity index (χ4n) is 5.76. The van der Waals surface area contributed by atoms with Gasteiger partial charge in [-0.1, -0.05) is 74.5 Å². The van der Waals surface area contributed by atoms with Crippen LogP contribution in [0.25, 0.3) is 0 Å². The molecule has 8 nitrogen and oxygen atoms in total. The van der Waals surface area contributed by atoms with Crippen LogP contribution in [0, 0.1) is 11.8 Å². The van der Waals surface area contributed by atoms with Crippen LogP contribution in [0.3, 0.4) is 0 Å². The van der Waals surface area contributed by atoms with Crippen molar-refractivity contribution in [2.45, 2.75) is 44.4 Å². The summed E-state index contributed by atoms with van der Waals surface area (Å²) in [6.45, 7) is 4.67. The Hall–Kier alpha value is -3.68. The summed E-state index contributed by atoms with van der Waals surface area (Å²) >= 11 is 0. The molecule has 4 aliphatic rings. The van der Waals surface area contributed by atoms with Crippen molar-refractivity contribution >= 4 is 23.8 Å². The first kappa shape index (κ1) is 23.1. The van der Waals surface area contributed by atoms with Gasteiger partial charge in [-0.15, -0.1) is 0 Å². The number of nitrogens with one attached hydrogen (secondary N) is 1. The Morgan fingerprint density at radius 2 is 1.66 bits per heavy atom. The summed E-state index contributed by atoms with van der Waals surface area (Å²) in [6.07, 6.45) is 0.163. The van der Waals surface area contributed by atoms with Gasteiger partial charge in [0.25, 0.3) is 5.91 Å². The molecule has 35 heavy (non-hydrogen) atoms. The second kappa shape index (κ2) is 8.52. The largest absolute Gasteiger partial charge is 0.336 e. The Morgan fingerprint density at radius 3 is 2.29 bits per heavy atom. The highest BCUT2D eigenvalue weighted by Gasteiger charge is 2.65. The van der Waals surface area contributed by atoms with Gasteiger partial charge in [-0.3, -0.25) is 19.3 Å². The third kappa shape index (κ3) is 3.50. The van der Waals surface area contributed by atoms with Crippen molar-refractivity contribution in [2.24, 2.45) is 11.8 Å². The molecule has 0 aliphatic carbocycles. The number of amides is 5. The van der Waals surface area contributed by atoms with E-state index in [1.807, 2.05) is 50.2 Å². The van der Waals surface area contributed by atoms with Crippen molar-refractivity contribution in [2.75, 3.05) is 13.6 Å². The summed E-state index contributed by atoms with van der Waals surface area (Å²) in [6, 6.07) is 17.0. The Morgan fingerprint density at radius 1 is 1.03 bits per heavy atom. The highest BCUT2D eigenvalue weighted by atomic mass is 16.2. The zero-order chi connectivity index (χ0) is 24.9. The average molecular weight is 475 g/mol. The zero-order valence-electron chi connectivity index (χ0n) is 20.2. The van der Waals surface area contributed by atoms with E-state index < -0.39 is 23.4 Å². The average Bonchev–Trinajstić information content (AvgIpc) is 3.16. The molecule has 4 atom stereocenters. The standard InChI is InChI=1S/C27H30N4O4/c1-17(2)22-16-29(3)26(35)31(22)24(33)20-14-21-23(32)28-27(20,19-12-8-5-9-13-19)25(34)30(21)15-18-10-6-4-7-11-18/h4-13,17,20-22H,14-16H2,1-3H3,(H,28,32)/t20-,21+,22+,27+/m0/s1. The van der Waals surface area contributed by atoms with Gasteiger partial charge in [0.05, 0.1) is 12.0 Å². The van der Waals surface area contributed by atoms with Crippen LogP contribution in [-0.2, 0) is 26.5 Å². The van der Waals surface area contributed by atoms with E-state index in [2.05, 4.69) is 5.32 Å². The number of imide groups is 1. The van der Waals surface area contributed by atoms with Gasteiger partial charge in [-0.25, -0.2) is 4.79 Å². The number of piperidine rings is 2. The number of likely N-dealkylation sites (N-methyl/N-ethyl adjacent to an activating group) is 1. The first-order valence-corrected chi connectivity index (χ1v) is 12.1. The molecule has 4 saturated heterocycles. The van der Waals surface area contributed by atoms with Crippen LogP contribution in [0.2, 0.25) is 0 Å². The fraction of sp³-hybridized carbons (Fsp3) is 0.407. The Balaban J connectivity index is 1.59. The molecule has 0 radical (unpaired) electrons. The predicted octanol–water partition coefficient (Wildman–Crippen LogP) is 2.35. The number of piperazine rings is 1. The molecule has 0 saturated carbocycles. The van der Waals surface area contributed by atoms with E-state index in [0.717, 1.165) is 5.56 Å². The van der Waals surface area contributed by atoms with Crippen molar-refractivity contribution in [3.63, 3.8) is 0 Å². The van der Waals surface area contributed by atoms with Crippen molar-refractivity contribution in [1.82, 2.24) is 20.0 Å². The lowest BCUT2D eigenvalue weighted by Crippen LogP contribution is -2.77. The number of carbonyl (C=O) groups is 4. The smallest absolute Gasteiger partial charge is 0.326 e. The zero-order valence-corrected chi connectivity index (χ0v) is 20.2. The van der Waals surface area contributed by atoms with E-state index in [1.54, 1.807) is 41.1 Å². The van der Waals surface area contributed by atoms with Gasteiger partial charge >= 0.3 is 6.03 Å². The Bertz CT molecular complexity index is 1170. The van der Waals surface area contributed by atoms with Crippen LogP contribution in [0.1, 0.15) is 31.4 Å². The minimum absolute atomic E-state index is 0.0566. The third-order valence-corrected chi connectivity index (χ3v) is 7.63. The minimum atomic E-state index is -1.57. The maximum atomic E-state index is 14.2. The van der Waals surface area contributed by atoms with Gasteiger partial charge in [0.2, 0.25) is 11.8 Å². The Labute approximate surface area is 204 Å². The number of urea groups is 1. The second-order valence-electron chi connectivity index (χ2n) is 10.1. The van der Waals surface area contributed by atoms with Crippen molar-refractivity contribution in [3.8, 4) is 0 Å². The van der Waals surface area contributed by atoms with Gasteiger partial charge < -0.3 is 15.1 Å². The summed E-state index contributed by atoms with van der Waals surface area (Å²) in [5.41, 5.74) is -0.111. The van der Waals surface area contributed by atoms with Crippen LogP contribution < -0.4 is 5.32 Å². The molecule has 0 aromatic heterocycles. The summed E-state index contributed by atoms with van der Waals surface area (Å²) in [5, 5.41) is 2.93. The molecule has 2 aromatic carbocycles. The highest BCUT2D eigenvalue weighted by molar-refractivity contribution is 6.08. The second-order valence-corrected chi connectivity index (χ2v) is 10.1. The molecule has 1 N–H and O–H groups in total. The molecular weight excluding hydrogens is 444 g/mol. The summed E-state index contributed by atoms with van der Waals surface area (Å²) in [5.74, 6) is -1.83. The van der Waals surface area contributed by atoms with E-state index in [9.17, 15) is 19.2 Å². The lowest BCUT2D eigenvalue weighted by Gasteiger charge is -2.55. The van der Waals surface area contributed by atoms with Crippen LogP contribution in [0.4, 0.5) is 4.79 Å². The third-order valence-electron chi connectivity index (χ3n) is 7.63. The molecule has 0 spiro atoms. The molecule has 0 unspecified atom stereocenters. The van der Waals surface area contributed by atoms with E-state index in [1.165, 1.54) is 4.90 Å². The van der Waals surface area contributed by atoms with Gasteiger partial charge in [0.1, 0.15) is 6.04 Å². The van der Waals surface area contributed by atoms with Crippen LogP contribution in [0.15, 0.2) is 60.7 Å². The number of fused-ring (bicyclic) bond motifs is 3. The number of hydrogen-bond donors (Lipinski definition) is 1. The van der Waals surface area contributed by atoms with Crippen molar-refractivity contribution in [1.29, 1.82) is 0 Å². The molecule has 182 valence electrons. The van der Waals surface area contributed by atoms with Gasteiger partial charge in [-0.05, 0) is 23.5 Å². The van der Waals surface area contributed by atoms with Crippen molar-refractivity contribution < 1.29 is 19.2 Å². The maximum absolute atomic E-state index is 14.2. The lowest BCUT2D eigenvalue weighted by atomic mass is 9.66. The predicted molar refractivity (Wildman–Crippen MR) is 129 cm³/mol. The minimum Gasteiger partial charge on any atom is -0.336 e. The van der Waals surface area contributed by atoms with E-state index in [4.69, 9.17) is 0 Å².